The van der Waals surface area contributed by atoms with Gasteiger partial charge in [0, 0.05) is 6.04 Å². The summed E-state index contributed by atoms with van der Waals surface area (Å²) in [5.41, 5.74) is 8.14. The van der Waals surface area contributed by atoms with E-state index in [0.29, 0.717) is 0 Å². The molecule has 0 saturated carbocycles. The summed E-state index contributed by atoms with van der Waals surface area (Å²) >= 11 is 0. The molecule has 0 aromatic heterocycles. The Bertz CT molecular complexity index is 476. The average molecular weight is 255 g/mol. The van der Waals surface area contributed by atoms with Crippen LogP contribution < -0.4 is 10.5 Å². The summed E-state index contributed by atoms with van der Waals surface area (Å²) in [6.45, 7) is 2.75. The van der Waals surface area contributed by atoms with Crippen LogP contribution in [0.15, 0.2) is 54.6 Å². The Hall–Kier alpha value is -1.80. The first-order valence-corrected chi connectivity index (χ1v) is 6.79. The first-order chi connectivity index (χ1) is 9.25. The van der Waals surface area contributed by atoms with Gasteiger partial charge in [0.25, 0.3) is 0 Å². The van der Waals surface area contributed by atoms with Crippen molar-refractivity contribution in [2.75, 3.05) is 6.61 Å². The van der Waals surface area contributed by atoms with Crippen molar-refractivity contribution in [3.8, 4) is 16.9 Å². The minimum atomic E-state index is 0.254. The zero-order chi connectivity index (χ0) is 13.5. The van der Waals surface area contributed by atoms with Gasteiger partial charge in [0.2, 0.25) is 0 Å². The molecular weight excluding hydrogens is 234 g/mol. The van der Waals surface area contributed by atoms with E-state index in [-0.39, 0.29) is 6.04 Å². The zero-order valence-corrected chi connectivity index (χ0v) is 11.4. The van der Waals surface area contributed by atoms with E-state index < -0.39 is 0 Å². The van der Waals surface area contributed by atoms with E-state index in [9.17, 15) is 0 Å². The normalized spacial score (nSPS) is 12.1. The molecule has 19 heavy (non-hydrogen) atoms. The lowest BCUT2D eigenvalue weighted by Gasteiger charge is -2.08. The predicted molar refractivity (Wildman–Crippen MR) is 80.3 cm³/mol. The molecule has 0 fully saturated rings. The monoisotopic (exact) mass is 255 g/mol. The van der Waals surface area contributed by atoms with Crippen LogP contribution in [-0.2, 0) is 0 Å². The van der Waals surface area contributed by atoms with Gasteiger partial charge >= 0.3 is 0 Å². The van der Waals surface area contributed by atoms with Crippen molar-refractivity contribution in [2.45, 2.75) is 25.8 Å². The van der Waals surface area contributed by atoms with E-state index in [0.717, 1.165) is 25.2 Å². The Morgan fingerprint density at radius 1 is 0.947 bits per heavy atom. The number of hydrogen-bond acceptors (Lipinski definition) is 2. The van der Waals surface area contributed by atoms with Crippen LogP contribution in [0.25, 0.3) is 11.1 Å². The van der Waals surface area contributed by atoms with E-state index in [1.165, 1.54) is 11.1 Å². The summed E-state index contributed by atoms with van der Waals surface area (Å²) in [5, 5.41) is 0. The van der Waals surface area contributed by atoms with E-state index in [1.807, 2.05) is 37.3 Å². The number of ether oxygens (including phenoxy) is 1. The number of nitrogens with two attached hydrogens (primary N) is 1. The molecular formula is C17H21NO. The van der Waals surface area contributed by atoms with Crippen LogP contribution >= 0.6 is 0 Å². The fraction of sp³-hybridized carbons (Fsp3) is 0.294. The van der Waals surface area contributed by atoms with E-state index in [1.54, 1.807) is 0 Å². The van der Waals surface area contributed by atoms with Crippen molar-refractivity contribution in [1.29, 1.82) is 0 Å². The lowest BCUT2D eigenvalue weighted by Crippen LogP contribution is -2.15. The van der Waals surface area contributed by atoms with E-state index >= 15 is 0 Å². The van der Waals surface area contributed by atoms with Crippen LogP contribution in [0.5, 0.6) is 5.75 Å². The predicted octanol–water partition coefficient (Wildman–Crippen LogP) is 3.86. The summed E-state index contributed by atoms with van der Waals surface area (Å²) in [5.74, 6) is 0.921. The Morgan fingerprint density at radius 3 is 2.21 bits per heavy atom. The van der Waals surface area contributed by atoms with Crippen LogP contribution in [0.3, 0.4) is 0 Å². The molecule has 2 N–H and O–H groups in total. The van der Waals surface area contributed by atoms with Gasteiger partial charge in [-0.05, 0) is 43.0 Å². The van der Waals surface area contributed by atoms with Crippen molar-refractivity contribution >= 4 is 0 Å². The largest absolute Gasteiger partial charge is 0.494 e. The first kappa shape index (κ1) is 13.6. The highest BCUT2D eigenvalue weighted by atomic mass is 16.5. The van der Waals surface area contributed by atoms with Gasteiger partial charge in [-0.25, -0.2) is 0 Å². The van der Waals surface area contributed by atoms with Crippen molar-refractivity contribution in [1.82, 2.24) is 0 Å². The van der Waals surface area contributed by atoms with Crippen LogP contribution in [0, 0.1) is 0 Å². The molecule has 2 aromatic rings. The van der Waals surface area contributed by atoms with Gasteiger partial charge in [-0.1, -0.05) is 42.5 Å². The quantitative estimate of drug-likeness (QED) is 0.795. The van der Waals surface area contributed by atoms with Gasteiger partial charge in [-0.2, -0.15) is 0 Å². The van der Waals surface area contributed by atoms with E-state index in [4.69, 9.17) is 10.5 Å². The van der Waals surface area contributed by atoms with Crippen molar-refractivity contribution in [2.24, 2.45) is 5.73 Å². The highest BCUT2D eigenvalue weighted by molar-refractivity contribution is 5.63. The van der Waals surface area contributed by atoms with Crippen molar-refractivity contribution in [3.63, 3.8) is 0 Å². The molecule has 100 valence electrons. The average Bonchev–Trinajstić information content (AvgIpc) is 2.45. The summed E-state index contributed by atoms with van der Waals surface area (Å²) in [6.07, 6.45) is 2.00. The molecule has 2 aromatic carbocycles. The van der Waals surface area contributed by atoms with Crippen LogP contribution in [-0.4, -0.2) is 12.6 Å². The standard InChI is InChI=1S/C17H21NO/c1-14(18)6-5-13-19-17-11-9-16(10-12-17)15-7-3-2-4-8-15/h2-4,7-12,14H,5-6,13,18H2,1H3. The Kier molecular flexibility index (Phi) is 4.99. The van der Waals surface area contributed by atoms with Gasteiger partial charge in [0.05, 0.1) is 6.61 Å². The topological polar surface area (TPSA) is 35.2 Å². The van der Waals surface area contributed by atoms with Gasteiger partial charge in [0.15, 0.2) is 0 Å². The number of benzene rings is 2. The molecule has 0 spiro atoms. The summed E-state index contributed by atoms with van der Waals surface area (Å²) in [6, 6.07) is 18.8. The summed E-state index contributed by atoms with van der Waals surface area (Å²) in [7, 11) is 0. The van der Waals surface area contributed by atoms with Gasteiger partial charge in [-0.3, -0.25) is 0 Å². The molecule has 0 radical (unpaired) electrons. The smallest absolute Gasteiger partial charge is 0.119 e. The SMILES string of the molecule is CC(N)CCCOc1ccc(-c2ccccc2)cc1. The second-order valence-corrected chi connectivity index (χ2v) is 4.86. The Labute approximate surface area is 115 Å². The second-order valence-electron chi connectivity index (χ2n) is 4.86. The minimum Gasteiger partial charge on any atom is -0.494 e. The Morgan fingerprint density at radius 2 is 1.58 bits per heavy atom. The Balaban J connectivity index is 1.88. The third-order valence-corrected chi connectivity index (χ3v) is 3.03. The summed E-state index contributed by atoms with van der Waals surface area (Å²) < 4.78 is 5.69. The number of hydrogen-bond donors (Lipinski definition) is 1. The van der Waals surface area contributed by atoms with Crippen LogP contribution in [0.4, 0.5) is 0 Å². The maximum absolute atomic E-state index is 5.70. The second kappa shape index (κ2) is 6.95. The lowest BCUT2D eigenvalue weighted by molar-refractivity contribution is 0.303. The maximum Gasteiger partial charge on any atom is 0.119 e. The molecule has 1 unspecified atom stereocenters. The molecule has 2 heteroatoms. The highest BCUT2D eigenvalue weighted by Gasteiger charge is 1.99. The molecule has 0 amide bonds. The van der Waals surface area contributed by atoms with Crippen LogP contribution in [0.1, 0.15) is 19.8 Å². The van der Waals surface area contributed by atoms with Gasteiger partial charge < -0.3 is 10.5 Å². The molecule has 0 bridgehead atoms. The molecule has 0 saturated heterocycles. The zero-order valence-electron chi connectivity index (χ0n) is 11.4. The molecule has 0 aliphatic rings. The first-order valence-electron chi connectivity index (χ1n) is 6.79. The summed E-state index contributed by atoms with van der Waals surface area (Å²) in [4.78, 5) is 0. The molecule has 2 rings (SSSR count). The molecule has 1 atom stereocenters. The molecule has 0 aliphatic carbocycles. The fourth-order valence-electron chi connectivity index (χ4n) is 1.97. The highest BCUT2D eigenvalue weighted by Crippen LogP contribution is 2.22. The lowest BCUT2D eigenvalue weighted by atomic mass is 10.1. The van der Waals surface area contributed by atoms with E-state index in [2.05, 4.69) is 24.3 Å². The maximum atomic E-state index is 5.70. The van der Waals surface area contributed by atoms with Gasteiger partial charge in [-0.15, -0.1) is 0 Å². The molecule has 0 heterocycles. The third-order valence-electron chi connectivity index (χ3n) is 3.03. The fourth-order valence-corrected chi connectivity index (χ4v) is 1.97. The molecule has 0 aliphatic heterocycles. The van der Waals surface area contributed by atoms with Gasteiger partial charge in [0.1, 0.15) is 5.75 Å². The third kappa shape index (κ3) is 4.42. The minimum absolute atomic E-state index is 0.254. The number of rotatable bonds is 6. The van der Waals surface area contributed by atoms with Crippen LogP contribution in [0.2, 0.25) is 0 Å². The van der Waals surface area contributed by atoms with Crippen molar-refractivity contribution in [3.05, 3.63) is 54.6 Å². The van der Waals surface area contributed by atoms with Crippen molar-refractivity contribution < 1.29 is 4.74 Å². The molecule has 2 nitrogen and oxygen atoms in total.